The van der Waals surface area contributed by atoms with Crippen LogP contribution in [0.15, 0.2) is 36.7 Å². The Morgan fingerprint density at radius 1 is 1.11 bits per heavy atom. The summed E-state index contributed by atoms with van der Waals surface area (Å²) in [4.78, 5) is 13.8. The summed E-state index contributed by atoms with van der Waals surface area (Å²) in [5.74, 6) is -0.479. The number of aromatic nitrogens is 7. The zero-order valence-electron chi connectivity index (χ0n) is 20.1. The standard InChI is InChI=1S/C26H25F2N7O/c1-4-19(36)24-31-23(34-35-24)18-11-29-12-20(30-18)26-9-8-14(25(26,2)3)13-10-17(32-33-22(13)26)21-15(27)6-5-7-16(21)28/h5-7,10-12,14,19,36H,4,8-9H2,1-3H3,(H,31,34,35)/t14-,19?,26-/m0/s1. The Morgan fingerprint density at radius 2 is 1.89 bits per heavy atom. The summed E-state index contributed by atoms with van der Waals surface area (Å²) in [5, 5.41) is 25.9. The SMILES string of the molecule is CCC(O)c1n[nH]c(-c2cncc([C@@]34CC[C@@H](c5cc(-c6c(F)cccc6F)nnc53)C4(C)C)n2)n1. The molecule has 6 rings (SSSR count). The molecule has 184 valence electrons. The number of rotatable bonds is 5. The van der Waals surface area contributed by atoms with Crippen molar-refractivity contribution >= 4 is 0 Å². The number of fused-ring (bicyclic) bond motifs is 5. The molecule has 4 aromatic rings. The highest BCUT2D eigenvalue weighted by Crippen LogP contribution is 2.69. The fourth-order valence-corrected chi connectivity index (χ4v) is 6.16. The van der Waals surface area contributed by atoms with Crippen LogP contribution < -0.4 is 0 Å². The largest absolute Gasteiger partial charge is 0.385 e. The Kier molecular flexibility index (Phi) is 5.01. The van der Waals surface area contributed by atoms with Crippen LogP contribution in [0.4, 0.5) is 8.78 Å². The highest BCUT2D eigenvalue weighted by atomic mass is 19.1. The molecule has 2 aliphatic carbocycles. The summed E-state index contributed by atoms with van der Waals surface area (Å²) in [7, 11) is 0. The summed E-state index contributed by atoms with van der Waals surface area (Å²) in [5.41, 5.74) is 2.13. The summed E-state index contributed by atoms with van der Waals surface area (Å²) in [6, 6.07) is 5.56. The fraction of sp³-hybridized carbons (Fsp3) is 0.385. The third kappa shape index (κ3) is 3.00. The number of halogens is 2. The van der Waals surface area contributed by atoms with Gasteiger partial charge in [0.15, 0.2) is 11.6 Å². The van der Waals surface area contributed by atoms with Gasteiger partial charge in [-0.15, -0.1) is 5.10 Å². The topological polar surface area (TPSA) is 113 Å². The van der Waals surface area contributed by atoms with E-state index >= 15 is 0 Å². The molecule has 2 aliphatic rings. The molecule has 2 bridgehead atoms. The third-order valence-corrected chi connectivity index (χ3v) is 8.10. The second-order valence-electron chi connectivity index (χ2n) is 10.1. The van der Waals surface area contributed by atoms with Crippen LogP contribution >= 0.6 is 0 Å². The Morgan fingerprint density at radius 3 is 2.64 bits per heavy atom. The zero-order chi connectivity index (χ0) is 25.2. The van der Waals surface area contributed by atoms with Crippen LogP contribution in [0.25, 0.3) is 22.8 Å². The fourth-order valence-electron chi connectivity index (χ4n) is 6.16. The summed E-state index contributed by atoms with van der Waals surface area (Å²) >= 11 is 0. The lowest BCUT2D eigenvalue weighted by molar-refractivity contribution is 0.164. The average Bonchev–Trinajstić information content (AvgIpc) is 3.52. The van der Waals surface area contributed by atoms with Crippen molar-refractivity contribution < 1.29 is 13.9 Å². The number of nitrogens with one attached hydrogen (secondary N) is 1. The van der Waals surface area contributed by atoms with Gasteiger partial charge in [0.2, 0.25) is 0 Å². The van der Waals surface area contributed by atoms with E-state index in [1.54, 1.807) is 18.5 Å². The number of hydrogen-bond acceptors (Lipinski definition) is 7. The Balaban J connectivity index is 1.47. The van der Waals surface area contributed by atoms with Crippen molar-refractivity contribution in [3.8, 4) is 22.8 Å². The Labute approximate surface area is 206 Å². The van der Waals surface area contributed by atoms with Gasteiger partial charge >= 0.3 is 0 Å². The second-order valence-corrected chi connectivity index (χ2v) is 10.1. The molecule has 36 heavy (non-hydrogen) atoms. The first kappa shape index (κ1) is 22.8. The normalized spacial score (nSPS) is 22.6. The predicted molar refractivity (Wildman–Crippen MR) is 127 cm³/mol. The quantitative estimate of drug-likeness (QED) is 0.420. The van der Waals surface area contributed by atoms with E-state index in [4.69, 9.17) is 4.98 Å². The molecule has 3 atom stereocenters. The van der Waals surface area contributed by atoms with Gasteiger partial charge < -0.3 is 5.11 Å². The smallest absolute Gasteiger partial charge is 0.179 e. The lowest BCUT2D eigenvalue weighted by Crippen LogP contribution is -2.38. The van der Waals surface area contributed by atoms with E-state index in [-0.39, 0.29) is 22.6 Å². The van der Waals surface area contributed by atoms with Gasteiger partial charge in [-0.05, 0) is 54.4 Å². The molecule has 10 heteroatoms. The van der Waals surface area contributed by atoms with Crippen LogP contribution in [0.5, 0.6) is 0 Å². The summed E-state index contributed by atoms with van der Waals surface area (Å²) < 4.78 is 29.0. The van der Waals surface area contributed by atoms with E-state index in [0.29, 0.717) is 23.8 Å². The highest BCUT2D eigenvalue weighted by Gasteiger charge is 2.65. The molecular formula is C26H25F2N7O. The molecular weight excluding hydrogens is 464 g/mol. The van der Waals surface area contributed by atoms with Crippen LogP contribution in [-0.2, 0) is 5.41 Å². The molecule has 3 heterocycles. The van der Waals surface area contributed by atoms with Gasteiger partial charge in [0.1, 0.15) is 23.4 Å². The minimum absolute atomic E-state index is 0.124. The highest BCUT2D eigenvalue weighted by molar-refractivity contribution is 5.64. The van der Waals surface area contributed by atoms with E-state index in [9.17, 15) is 13.9 Å². The van der Waals surface area contributed by atoms with Gasteiger partial charge in [-0.3, -0.25) is 10.1 Å². The minimum Gasteiger partial charge on any atom is -0.385 e. The van der Waals surface area contributed by atoms with E-state index in [1.165, 1.54) is 18.2 Å². The van der Waals surface area contributed by atoms with Crippen LogP contribution in [-0.4, -0.2) is 40.5 Å². The van der Waals surface area contributed by atoms with Gasteiger partial charge in [-0.25, -0.2) is 18.7 Å². The third-order valence-electron chi connectivity index (χ3n) is 8.10. The number of aliphatic hydroxyl groups is 1. The molecule has 3 aromatic heterocycles. The van der Waals surface area contributed by atoms with Crippen molar-refractivity contribution in [1.29, 1.82) is 0 Å². The van der Waals surface area contributed by atoms with Gasteiger partial charge in [0.05, 0.1) is 34.3 Å². The lowest BCUT2D eigenvalue weighted by Gasteiger charge is -2.37. The molecule has 1 aromatic carbocycles. The average molecular weight is 490 g/mol. The molecule has 0 amide bonds. The van der Waals surface area contributed by atoms with E-state index < -0.39 is 23.2 Å². The summed E-state index contributed by atoms with van der Waals surface area (Å²) in [6.07, 6.45) is 4.77. The van der Waals surface area contributed by atoms with Crippen LogP contribution in [0.1, 0.15) is 74.8 Å². The van der Waals surface area contributed by atoms with Crippen molar-refractivity contribution in [2.45, 2.75) is 57.5 Å². The summed E-state index contributed by atoms with van der Waals surface area (Å²) in [6.45, 7) is 6.20. The molecule has 8 nitrogen and oxygen atoms in total. The molecule has 1 saturated carbocycles. The van der Waals surface area contributed by atoms with Crippen LogP contribution in [0.3, 0.4) is 0 Å². The van der Waals surface area contributed by atoms with E-state index in [2.05, 4.69) is 44.2 Å². The maximum Gasteiger partial charge on any atom is 0.179 e. The molecule has 2 N–H and O–H groups in total. The minimum atomic E-state index is -0.760. The number of H-pyrrole nitrogens is 1. The van der Waals surface area contributed by atoms with E-state index in [0.717, 1.165) is 29.8 Å². The van der Waals surface area contributed by atoms with Crippen molar-refractivity contribution in [2.24, 2.45) is 5.41 Å². The first-order valence-corrected chi connectivity index (χ1v) is 12.0. The molecule has 0 spiro atoms. The number of aliphatic hydroxyl groups excluding tert-OH is 1. The molecule has 1 fully saturated rings. The van der Waals surface area contributed by atoms with Gasteiger partial charge in [0.25, 0.3) is 0 Å². The zero-order valence-corrected chi connectivity index (χ0v) is 20.1. The number of nitrogens with zero attached hydrogens (tertiary/aromatic N) is 6. The number of aromatic amines is 1. The van der Waals surface area contributed by atoms with E-state index in [1.807, 2.05) is 6.92 Å². The number of hydrogen-bond donors (Lipinski definition) is 2. The first-order chi connectivity index (χ1) is 17.3. The number of benzene rings is 1. The molecule has 0 radical (unpaired) electrons. The maximum absolute atomic E-state index is 14.5. The second kappa shape index (κ2) is 7.92. The predicted octanol–water partition coefficient (Wildman–Crippen LogP) is 4.64. The molecule has 0 saturated heterocycles. The van der Waals surface area contributed by atoms with Gasteiger partial charge in [0, 0.05) is 6.20 Å². The van der Waals surface area contributed by atoms with Crippen LogP contribution in [0.2, 0.25) is 0 Å². The van der Waals surface area contributed by atoms with Crippen LogP contribution in [0, 0.1) is 17.0 Å². The Bertz CT molecular complexity index is 1470. The van der Waals surface area contributed by atoms with Crippen molar-refractivity contribution in [1.82, 2.24) is 35.3 Å². The maximum atomic E-state index is 14.5. The lowest BCUT2D eigenvalue weighted by atomic mass is 9.66. The molecule has 1 unspecified atom stereocenters. The van der Waals surface area contributed by atoms with Gasteiger partial charge in [-0.2, -0.15) is 10.2 Å². The van der Waals surface area contributed by atoms with Gasteiger partial charge in [-0.1, -0.05) is 26.8 Å². The van der Waals surface area contributed by atoms with Crippen molar-refractivity contribution in [3.63, 3.8) is 0 Å². The van der Waals surface area contributed by atoms with Crippen molar-refractivity contribution in [2.75, 3.05) is 0 Å². The molecule has 0 aliphatic heterocycles. The van der Waals surface area contributed by atoms with Crippen molar-refractivity contribution in [3.05, 3.63) is 71.1 Å². The monoisotopic (exact) mass is 489 g/mol. The Hall–Kier alpha value is -3.66. The first-order valence-electron chi connectivity index (χ1n) is 12.0.